The van der Waals surface area contributed by atoms with E-state index >= 15 is 0 Å². The van der Waals surface area contributed by atoms with Crippen LogP contribution in [0.15, 0.2) is 137 Å². The van der Waals surface area contributed by atoms with E-state index in [0.29, 0.717) is 91.7 Å². The predicted octanol–water partition coefficient (Wildman–Crippen LogP) is 14.5. The third kappa shape index (κ3) is 16.1. The van der Waals surface area contributed by atoms with Crippen LogP contribution in [0.4, 0.5) is 22.7 Å². The quantitative estimate of drug-likeness (QED) is 0.0371. The molecule has 1 aliphatic rings. The van der Waals surface area contributed by atoms with Crippen molar-refractivity contribution in [1.82, 2.24) is 28.5 Å². The van der Waals surface area contributed by atoms with Crippen LogP contribution in [0, 0.1) is 34.6 Å². The van der Waals surface area contributed by atoms with E-state index in [1.807, 2.05) is 75.4 Å². The fourth-order valence-electron chi connectivity index (χ4n) is 11.9. The minimum absolute atomic E-state index is 0.202. The second kappa shape index (κ2) is 30.2. The molecule has 0 atom stereocenters. The van der Waals surface area contributed by atoms with Crippen LogP contribution in [-0.2, 0) is 32.9 Å². The third-order valence-corrected chi connectivity index (χ3v) is 20.8. The molecule has 4 N–H and O–H groups in total. The zero-order chi connectivity index (χ0) is 66.0. The maximum Gasteiger partial charge on any atom is 0.243 e. The van der Waals surface area contributed by atoms with E-state index in [0.717, 1.165) is 120 Å². The standard InChI is InChI=1S/C37H42ClN5O3S.C34H38ClN5O5S/c1-24-20-25(2)36-32(21-24)37(30-8-5-6-9-33(30)42-36)40-17-19-43(47(44,45)29-13-11-28(46-4)12-14-29)18-7-16-39-35-22-26(3)41-34-15-10-27(38)23-31(34)35;1-22-17-31(28-19-24(35)7-12-30(28)38-22)37-14-16-40(46(41,42)27-10-8-25(43-3)9-11-27)15-6-13-36-32-18-23(2)39-34-29(32)20-26(44-4)21-33(34)45-5/h10-15,20-23H,5-9,16-19H2,1-4H3,(H,39,41)(H,40,42);7-12,17-21H,6,13-16H2,1-5H3,(H,36,39)(H,37,38). The number of sulfonamides is 2. The summed E-state index contributed by atoms with van der Waals surface area (Å²) in [6.07, 6.45) is 5.36. The number of methoxy groups -OCH3 is 4. The molecular weight excluding hydrogens is 1260 g/mol. The van der Waals surface area contributed by atoms with Crippen molar-refractivity contribution in [1.29, 1.82) is 0 Å². The lowest BCUT2D eigenvalue weighted by Crippen LogP contribution is -2.36. The highest BCUT2D eigenvalue weighted by molar-refractivity contribution is 7.89. The van der Waals surface area contributed by atoms with Gasteiger partial charge in [0.05, 0.1) is 54.8 Å². The summed E-state index contributed by atoms with van der Waals surface area (Å²) in [5.74, 6) is 2.47. The molecule has 10 aromatic rings. The number of aryl methyl sites for hydroxylation is 6. The van der Waals surface area contributed by atoms with Gasteiger partial charge in [0.2, 0.25) is 20.0 Å². The van der Waals surface area contributed by atoms with Crippen LogP contribution in [0.2, 0.25) is 10.0 Å². The topological polar surface area (TPSA) is 211 Å². The molecule has 11 rings (SSSR count). The molecule has 22 heteroatoms. The molecule has 1 aliphatic carbocycles. The maximum absolute atomic E-state index is 14.0. The van der Waals surface area contributed by atoms with Crippen LogP contribution >= 0.6 is 23.2 Å². The van der Waals surface area contributed by atoms with Gasteiger partial charge in [-0.25, -0.2) is 21.8 Å². The summed E-state index contributed by atoms with van der Waals surface area (Å²) in [4.78, 5) is 19.4. The number of halogens is 2. The fraction of sp³-hybridized carbons (Fsp3) is 0.324. The zero-order valence-corrected chi connectivity index (χ0v) is 57.2. The molecule has 0 unspecified atom stereocenters. The van der Waals surface area contributed by atoms with Gasteiger partial charge >= 0.3 is 0 Å². The summed E-state index contributed by atoms with van der Waals surface area (Å²) in [7, 11) is -1.26. The Morgan fingerprint density at radius 3 is 1.45 bits per heavy atom. The van der Waals surface area contributed by atoms with Gasteiger partial charge in [-0.05, 0) is 200 Å². The van der Waals surface area contributed by atoms with Gasteiger partial charge in [-0.3, -0.25) is 15.0 Å². The number of nitrogens with zero attached hydrogens (tertiary/aromatic N) is 6. The van der Waals surface area contributed by atoms with E-state index in [1.165, 1.54) is 15.4 Å². The highest BCUT2D eigenvalue weighted by atomic mass is 35.5. The predicted molar refractivity (Wildman–Crippen MR) is 377 cm³/mol. The van der Waals surface area contributed by atoms with Crippen LogP contribution in [0.1, 0.15) is 65.1 Å². The summed E-state index contributed by atoms with van der Waals surface area (Å²) in [5.41, 5.74) is 14.5. The Labute approximate surface area is 555 Å². The molecule has 488 valence electrons. The number of pyridine rings is 4. The first-order valence-corrected chi connectivity index (χ1v) is 34.7. The van der Waals surface area contributed by atoms with Crippen molar-refractivity contribution < 1.29 is 35.8 Å². The van der Waals surface area contributed by atoms with Crippen molar-refractivity contribution in [3.63, 3.8) is 0 Å². The number of fused-ring (bicyclic) bond motifs is 5. The molecule has 0 bridgehead atoms. The smallest absolute Gasteiger partial charge is 0.243 e. The van der Waals surface area contributed by atoms with E-state index in [2.05, 4.69) is 62.2 Å². The molecule has 4 aromatic heterocycles. The minimum Gasteiger partial charge on any atom is -0.497 e. The Kier molecular flexibility index (Phi) is 22.0. The Morgan fingerprint density at radius 2 is 0.935 bits per heavy atom. The Bertz CT molecular complexity index is 4570. The van der Waals surface area contributed by atoms with Gasteiger partial charge < -0.3 is 40.2 Å². The van der Waals surface area contributed by atoms with Crippen molar-refractivity contribution in [3.05, 3.63) is 177 Å². The highest BCUT2D eigenvalue weighted by Crippen LogP contribution is 2.37. The number of rotatable bonds is 26. The average Bonchev–Trinajstić information content (AvgIpc) is 0.789. The van der Waals surface area contributed by atoms with Crippen LogP contribution in [0.3, 0.4) is 0 Å². The average molecular weight is 1340 g/mol. The van der Waals surface area contributed by atoms with E-state index in [4.69, 9.17) is 47.1 Å². The summed E-state index contributed by atoms with van der Waals surface area (Å²) in [5, 5.41) is 19.1. The van der Waals surface area contributed by atoms with Gasteiger partial charge in [0.15, 0.2) is 0 Å². The minimum atomic E-state index is -3.81. The van der Waals surface area contributed by atoms with Gasteiger partial charge in [-0.1, -0.05) is 34.8 Å². The number of hydrogen-bond acceptors (Lipinski definition) is 16. The normalized spacial score (nSPS) is 12.4. The Hall–Kier alpha value is -8.24. The van der Waals surface area contributed by atoms with Crippen molar-refractivity contribution in [2.45, 2.75) is 82.9 Å². The van der Waals surface area contributed by atoms with Crippen molar-refractivity contribution in [2.24, 2.45) is 0 Å². The summed E-state index contributed by atoms with van der Waals surface area (Å²) in [6.45, 7) is 13.2. The number of ether oxygens (including phenoxy) is 4. The molecular formula is C71H80Cl2N10O8S2. The van der Waals surface area contributed by atoms with E-state index in [1.54, 1.807) is 93.4 Å². The van der Waals surface area contributed by atoms with Gasteiger partial charge in [-0.15, -0.1) is 0 Å². The Balaban J connectivity index is 0.000000203. The second-order valence-corrected chi connectivity index (χ2v) is 27.9. The van der Waals surface area contributed by atoms with Gasteiger partial charge in [-0.2, -0.15) is 8.61 Å². The lowest BCUT2D eigenvalue weighted by Gasteiger charge is -2.25. The van der Waals surface area contributed by atoms with Crippen molar-refractivity contribution in [2.75, 3.05) is 102 Å². The van der Waals surface area contributed by atoms with Crippen LogP contribution < -0.4 is 40.2 Å². The first-order valence-electron chi connectivity index (χ1n) is 31.1. The molecule has 0 saturated heterocycles. The van der Waals surface area contributed by atoms with E-state index in [-0.39, 0.29) is 16.3 Å². The molecule has 0 aliphatic heterocycles. The monoisotopic (exact) mass is 1330 g/mol. The van der Waals surface area contributed by atoms with E-state index in [9.17, 15) is 16.8 Å². The van der Waals surface area contributed by atoms with Crippen molar-refractivity contribution >= 4 is 110 Å². The zero-order valence-electron chi connectivity index (χ0n) is 54.0. The second-order valence-electron chi connectivity index (χ2n) is 23.2. The van der Waals surface area contributed by atoms with Crippen LogP contribution in [0.5, 0.6) is 23.0 Å². The first kappa shape index (κ1) is 67.6. The molecule has 93 heavy (non-hydrogen) atoms. The number of aromatic nitrogens is 4. The SMILES string of the molecule is COc1ccc(S(=O)(=O)N(CCCNc2cc(C)nc3c(OC)cc(OC)cc23)CCNc2cc(C)nc3ccc(Cl)cc23)cc1.COc1ccc(S(=O)(=O)N(CCCNc2cc(C)nc3ccc(Cl)cc23)CCNc2c3c(nc4c(C)cc(C)cc24)CCCC3)cc1. The number of nitrogens with one attached hydrogen (secondary N) is 4. The maximum atomic E-state index is 14.0. The third-order valence-electron chi connectivity index (χ3n) is 16.5. The molecule has 4 heterocycles. The molecule has 0 saturated carbocycles. The van der Waals surface area contributed by atoms with Gasteiger partial charge in [0.25, 0.3) is 0 Å². The number of benzene rings is 6. The summed E-state index contributed by atoms with van der Waals surface area (Å²) >= 11 is 12.6. The lowest BCUT2D eigenvalue weighted by atomic mass is 9.91. The number of hydrogen-bond donors (Lipinski definition) is 4. The van der Waals surface area contributed by atoms with E-state index < -0.39 is 20.0 Å². The van der Waals surface area contributed by atoms with Gasteiger partial charge in [0.1, 0.15) is 28.5 Å². The Morgan fingerprint density at radius 1 is 0.452 bits per heavy atom. The fourth-order valence-corrected chi connectivity index (χ4v) is 15.2. The molecule has 18 nitrogen and oxygen atoms in total. The van der Waals surface area contributed by atoms with Crippen LogP contribution in [-0.4, -0.2) is 126 Å². The first-order chi connectivity index (χ1) is 44.8. The molecule has 6 aromatic carbocycles. The molecule has 0 radical (unpaired) electrons. The molecule has 0 fully saturated rings. The molecule has 0 amide bonds. The molecule has 0 spiro atoms. The highest BCUT2D eigenvalue weighted by Gasteiger charge is 2.27. The number of anilines is 4. The van der Waals surface area contributed by atoms with Gasteiger partial charge in [0, 0.05) is 136 Å². The summed E-state index contributed by atoms with van der Waals surface area (Å²) in [6, 6.07) is 38.2. The lowest BCUT2D eigenvalue weighted by molar-refractivity contribution is 0.397. The van der Waals surface area contributed by atoms with Crippen LogP contribution in [0.25, 0.3) is 43.6 Å². The largest absolute Gasteiger partial charge is 0.497 e. The van der Waals surface area contributed by atoms with Crippen molar-refractivity contribution in [3.8, 4) is 23.0 Å². The summed E-state index contributed by atoms with van der Waals surface area (Å²) < 4.78 is 80.5.